The molecule has 0 saturated carbocycles. The van der Waals surface area contributed by atoms with Gasteiger partial charge < -0.3 is 14.8 Å². The Labute approximate surface area is 91.3 Å². The van der Waals surface area contributed by atoms with Gasteiger partial charge in [0.05, 0.1) is 6.61 Å². The van der Waals surface area contributed by atoms with Crippen LogP contribution in [0, 0.1) is 5.92 Å². The Hall–Kier alpha value is -0.610. The molecule has 1 aliphatic heterocycles. The molecule has 0 amide bonds. The summed E-state index contributed by atoms with van der Waals surface area (Å²) in [6, 6.07) is -0.141. The van der Waals surface area contributed by atoms with E-state index in [1.807, 2.05) is 6.92 Å². The van der Waals surface area contributed by atoms with Gasteiger partial charge in [-0.05, 0) is 32.2 Å². The van der Waals surface area contributed by atoms with Crippen LogP contribution in [0.15, 0.2) is 0 Å². The molecule has 1 aliphatic rings. The van der Waals surface area contributed by atoms with E-state index in [1.54, 1.807) is 7.11 Å². The van der Waals surface area contributed by atoms with Crippen molar-refractivity contribution in [3.63, 3.8) is 0 Å². The van der Waals surface area contributed by atoms with Crippen molar-refractivity contribution in [2.75, 3.05) is 20.3 Å². The molecule has 0 aromatic rings. The van der Waals surface area contributed by atoms with Crippen molar-refractivity contribution >= 4 is 5.97 Å². The maximum absolute atomic E-state index is 11.8. The van der Waals surface area contributed by atoms with E-state index in [-0.39, 0.29) is 18.1 Å². The molecule has 0 spiro atoms. The second-order valence-corrected chi connectivity index (χ2v) is 4.25. The summed E-state index contributed by atoms with van der Waals surface area (Å²) in [4.78, 5) is 11.8. The van der Waals surface area contributed by atoms with Crippen LogP contribution in [-0.2, 0) is 14.3 Å². The SMILES string of the molecule is COCC(C)OC(=O)C1NCCCC1C. The average molecular weight is 215 g/mol. The second kappa shape index (κ2) is 6.08. The van der Waals surface area contributed by atoms with Crippen LogP contribution in [0.5, 0.6) is 0 Å². The van der Waals surface area contributed by atoms with Gasteiger partial charge in [0.2, 0.25) is 0 Å². The number of carbonyl (C=O) groups excluding carboxylic acids is 1. The lowest BCUT2D eigenvalue weighted by atomic mass is 9.93. The molecule has 0 aromatic heterocycles. The minimum atomic E-state index is -0.168. The largest absolute Gasteiger partial charge is 0.459 e. The number of piperidine rings is 1. The number of nitrogens with one attached hydrogen (secondary N) is 1. The fourth-order valence-corrected chi connectivity index (χ4v) is 1.91. The predicted molar refractivity (Wildman–Crippen MR) is 57.6 cm³/mol. The minimum absolute atomic E-state index is 0.141. The van der Waals surface area contributed by atoms with E-state index >= 15 is 0 Å². The highest BCUT2D eigenvalue weighted by molar-refractivity contribution is 5.76. The number of ether oxygens (including phenoxy) is 2. The summed E-state index contributed by atoms with van der Waals surface area (Å²) in [6.45, 7) is 5.28. The van der Waals surface area contributed by atoms with Crippen molar-refractivity contribution < 1.29 is 14.3 Å². The van der Waals surface area contributed by atoms with Crippen molar-refractivity contribution in [1.82, 2.24) is 5.32 Å². The highest BCUT2D eigenvalue weighted by atomic mass is 16.6. The molecule has 3 unspecified atom stereocenters. The van der Waals surface area contributed by atoms with Crippen LogP contribution in [0.3, 0.4) is 0 Å². The highest BCUT2D eigenvalue weighted by Gasteiger charge is 2.29. The molecule has 1 rings (SSSR count). The Balaban J connectivity index is 2.37. The molecule has 1 fully saturated rings. The summed E-state index contributed by atoms with van der Waals surface area (Å²) in [7, 11) is 1.60. The number of esters is 1. The zero-order chi connectivity index (χ0) is 11.3. The van der Waals surface area contributed by atoms with E-state index in [4.69, 9.17) is 9.47 Å². The maximum atomic E-state index is 11.8. The standard InChI is InChI=1S/C11H21NO3/c1-8-5-4-6-12-10(8)11(13)15-9(2)7-14-3/h8-10,12H,4-7H2,1-3H3. The fourth-order valence-electron chi connectivity index (χ4n) is 1.91. The van der Waals surface area contributed by atoms with Crippen LogP contribution < -0.4 is 5.32 Å². The van der Waals surface area contributed by atoms with Gasteiger partial charge in [-0.3, -0.25) is 4.79 Å². The molecule has 3 atom stereocenters. The third-order valence-electron chi connectivity index (χ3n) is 2.74. The number of hydrogen-bond acceptors (Lipinski definition) is 4. The van der Waals surface area contributed by atoms with Crippen LogP contribution in [0.25, 0.3) is 0 Å². The monoisotopic (exact) mass is 215 g/mol. The van der Waals surface area contributed by atoms with Gasteiger partial charge in [-0.15, -0.1) is 0 Å². The van der Waals surface area contributed by atoms with E-state index in [2.05, 4.69) is 12.2 Å². The summed E-state index contributed by atoms with van der Waals surface area (Å²) >= 11 is 0. The molecular formula is C11H21NO3. The van der Waals surface area contributed by atoms with Crippen LogP contribution >= 0.6 is 0 Å². The lowest BCUT2D eigenvalue weighted by molar-refractivity contribution is -0.155. The van der Waals surface area contributed by atoms with Gasteiger partial charge >= 0.3 is 5.97 Å². The molecule has 0 aromatic carbocycles. The van der Waals surface area contributed by atoms with Crippen LogP contribution in [0.1, 0.15) is 26.7 Å². The first kappa shape index (κ1) is 12.5. The molecule has 0 aliphatic carbocycles. The van der Waals surface area contributed by atoms with E-state index in [0.717, 1.165) is 19.4 Å². The second-order valence-electron chi connectivity index (χ2n) is 4.25. The molecule has 0 bridgehead atoms. The zero-order valence-electron chi connectivity index (χ0n) is 9.79. The first-order chi connectivity index (χ1) is 7.15. The van der Waals surface area contributed by atoms with Crippen molar-refractivity contribution in [3.05, 3.63) is 0 Å². The highest BCUT2D eigenvalue weighted by Crippen LogP contribution is 2.17. The molecule has 1 N–H and O–H groups in total. The van der Waals surface area contributed by atoms with E-state index in [0.29, 0.717) is 12.5 Å². The van der Waals surface area contributed by atoms with Crippen LogP contribution in [0.2, 0.25) is 0 Å². The predicted octanol–water partition coefficient (Wildman–Crippen LogP) is 0.953. The fraction of sp³-hybridized carbons (Fsp3) is 0.909. The van der Waals surface area contributed by atoms with Gasteiger partial charge in [0.15, 0.2) is 0 Å². The summed E-state index contributed by atoms with van der Waals surface area (Å²) in [5.41, 5.74) is 0. The molecular weight excluding hydrogens is 194 g/mol. The van der Waals surface area contributed by atoms with Crippen molar-refractivity contribution in [2.45, 2.75) is 38.8 Å². The lowest BCUT2D eigenvalue weighted by Gasteiger charge is -2.29. The van der Waals surface area contributed by atoms with E-state index < -0.39 is 0 Å². The Morgan fingerprint density at radius 1 is 1.60 bits per heavy atom. The van der Waals surface area contributed by atoms with Crippen molar-refractivity contribution in [3.8, 4) is 0 Å². The number of methoxy groups -OCH3 is 1. The number of rotatable bonds is 4. The maximum Gasteiger partial charge on any atom is 0.323 e. The van der Waals surface area contributed by atoms with Gasteiger partial charge in [0.1, 0.15) is 12.1 Å². The normalized spacial score (nSPS) is 28.5. The molecule has 4 nitrogen and oxygen atoms in total. The van der Waals surface area contributed by atoms with Gasteiger partial charge in [-0.25, -0.2) is 0 Å². The third-order valence-corrected chi connectivity index (χ3v) is 2.74. The summed E-state index contributed by atoms with van der Waals surface area (Å²) in [6.07, 6.45) is 2.06. The first-order valence-corrected chi connectivity index (χ1v) is 5.58. The molecule has 0 radical (unpaired) electrons. The Kier molecular flexibility index (Phi) is 5.05. The number of hydrogen-bond donors (Lipinski definition) is 1. The van der Waals surface area contributed by atoms with Crippen molar-refractivity contribution in [1.29, 1.82) is 0 Å². The quantitative estimate of drug-likeness (QED) is 0.709. The number of carbonyl (C=O) groups is 1. The summed E-state index contributed by atoms with van der Waals surface area (Å²) in [5.74, 6) is 0.216. The smallest absolute Gasteiger partial charge is 0.323 e. The topological polar surface area (TPSA) is 47.6 Å². The van der Waals surface area contributed by atoms with E-state index in [1.165, 1.54) is 0 Å². The first-order valence-electron chi connectivity index (χ1n) is 5.58. The molecule has 15 heavy (non-hydrogen) atoms. The van der Waals surface area contributed by atoms with Crippen LogP contribution in [0.4, 0.5) is 0 Å². The Morgan fingerprint density at radius 2 is 2.33 bits per heavy atom. The van der Waals surface area contributed by atoms with Crippen LogP contribution in [-0.4, -0.2) is 38.4 Å². The summed E-state index contributed by atoms with van der Waals surface area (Å²) < 4.78 is 10.2. The van der Waals surface area contributed by atoms with Gasteiger partial charge in [0.25, 0.3) is 0 Å². The van der Waals surface area contributed by atoms with E-state index in [9.17, 15) is 4.79 Å². The Bertz CT molecular complexity index is 208. The van der Waals surface area contributed by atoms with Crippen molar-refractivity contribution in [2.24, 2.45) is 5.92 Å². The average Bonchev–Trinajstić information content (AvgIpc) is 2.18. The Morgan fingerprint density at radius 3 is 2.93 bits per heavy atom. The molecule has 1 saturated heterocycles. The van der Waals surface area contributed by atoms with Gasteiger partial charge in [0, 0.05) is 7.11 Å². The molecule has 88 valence electrons. The molecule has 1 heterocycles. The summed E-state index contributed by atoms with van der Waals surface area (Å²) in [5, 5.41) is 3.20. The third kappa shape index (κ3) is 3.80. The lowest BCUT2D eigenvalue weighted by Crippen LogP contribution is -2.47. The van der Waals surface area contributed by atoms with Gasteiger partial charge in [-0.2, -0.15) is 0 Å². The minimum Gasteiger partial charge on any atom is -0.459 e. The zero-order valence-corrected chi connectivity index (χ0v) is 9.79. The molecule has 4 heteroatoms. The van der Waals surface area contributed by atoms with Gasteiger partial charge in [-0.1, -0.05) is 6.92 Å².